The molecule has 11 aromatic rings. The van der Waals surface area contributed by atoms with E-state index in [0.717, 1.165) is 15.7 Å². The maximum Gasteiger partial charge on any atom is 0.238 e. The molecule has 0 amide bonds. The Morgan fingerprint density at radius 1 is 0.339 bits per heavy atom. The van der Waals surface area contributed by atoms with Gasteiger partial charge in [-0.3, -0.25) is 4.57 Å². The highest BCUT2D eigenvalue weighted by molar-refractivity contribution is 6.19. The molecule has 0 aliphatic carbocycles. The number of fused-ring (bicyclic) bond motifs is 6. The Labute approximate surface area is 357 Å². The quantitative estimate of drug-likeness (QED) is 0.171. The molecule has 56 heavy (non-hydrogen) atoms. The second-order valence-corrected chi connectivity index (χ2v) is 12.3. The zero-order valence-corrected chi connectivity index (χ0v) is 28.4. The molecule has 0 N–H and O–H groups in total. The number of rotatable bonds is 6. The van der Waals surface area contributed by atoms with E-state index < -0.39 is 207 Å². The van der Waals surface area contributed by atoms with Gasteiger partial charge in [-0.25, -0.2) is 4.98 Å². The van der Waals surface area contributed by atoms with Crippen LogP contribution in [0.25, 0.3) is 100 Å². The Morgan fingerprint density at radius 3 is 1.46 bits per heavy atom. The summed E-state index contributed by atoms with van der Waals surface area (Å²) in [7, 11) is 0. The lowest BCUT2D eigenvalue weighted by molar-refractivity contribution is 0.953. The number of hydrogen-bond acceptors (Lipinski definition) is 3. The minimum atomic E-state index is -0.986. The first-order valence-corrected chi connectivity index (χ1v) is 16.9. The molecular weight excluding hydrogens is 683 g/mol. The van der Waals surface area contributed by atoms with E-state index in [4.69, 9.17) is 19.2 Å². The zero-order chi connectivity index (χ0) is 57.9. The molecule has 0 spiro atoms. The largest absolute Gasteiger partial charge is 0.309 e. The van der Waals surface area contributed by atoms with Crippen LogP contribution >= 0.6 is 0 Å². The summed E-state index contributed by atoms with van der Waals surface area (Å²) in [6, 6.07) is -3.53. The fraction of sp³-hybridized carbons (Fsp3) is 0. The molecule has 8 aromatic carbocycles. The summed E-state index contributed by atoms with van der Waals surface area (Å²) >= 11 is 0. The Morgan fingerprint density at radius 2 is 0.821 bits per heavy atom. The van der Waals surface area contributed by atoms with Crippen molar-refractivity contribution in [1.29, 1.82) is 0 Å². The van der Waals surface area contributed by atoms with Crippen molar-refractivity contribution in [2.45, 2.75) is 0 Å². The molecule has 262 valence electrons. The second kappa shape index (κ2) is 13.0. The SMILES string of the molecule is [2H]c1c([2H])c([2H])c(-c2nc(-c3c([2H])c([2H])c(-c4c([2H])c([2H])c([2H])c([2H])c4[2H])c([2H])c3[2H])nc(-n3c4c([2H])c([2H])c([2H])c([2H])c4c4c([2H])c5c6c([2H])c([2H])c([2H])c([2H])c6n(-c6ccc(-c7ccccc7)cc6)c5c([2H])c43)n2)c([2H])c1[2H]. The number of nitrogens with zero attached hydrogens (tertiary/aromatic N) is 5. The van der Waals surface area contributed by atoms with Gasteiger partial charge >= 0.3 is 0 Å². The van der Waals surface area contributed by atoms with Crippen LogP contribution in [-0.2, 0) is 0 Å². The van der Waals surface area contributed by atoms with Crippen LogP contribution in [0.3, 0.4) is 0 Å². The van der Waals surface area contributed by atoms with Crippen LogP contribution in [0.15, 0.2) is 200 Å². The van der Waals surface area contributed by atoms with E-state index in [0.29, 0.717) is 0 Å². The van der Waals surface area contributed by atoms with E-state index in [1.54, 1.807) is 24.3 Å². The third-order valence-corrected chi connectivity index (χ3v) is 9.07. The molecule has 0 unspecified atom stereocenters. The molecule has 11 rings (SSSR count). The molecule has 3 heterocycles. The van der Waals surface area contributed by atoms with Crippen LogP contribution in [0.4, 0.5) is 0 Å². The first-order chi connectivity index (χ1) is 37.8. The lowest BCUT2D eigenvalue weighted by Crippen LogP contribution is -2.06. The van der Waals surface area contributed by atoms with Gasteiger partial charge in [0.15, 0.2) is 11.6 Å². The van der Waals surface area contributed by atoms with Crippen molar-refractivity contribution in [3.63, 3.8) is 0 Å². The van der Waals surface area contributed by atoms with Crippen molar-refractivity contribution >= 4 is 43.6 Å². The van der Waals surface area contributed by atoms with E-state index in [2.05, 4.69) is 15.0 Å². The molecule has 0 aliphatic rings. The van der Waals surface area contributed by atoms with Crippen LogP contribution in [0.1, 0.15) is 32.9 Å². The Hall–Kier alpha value is -7.63. The summed E-state index contributed by atoms with van der Waals surface area (Å²) in [6.07, 6.45) is 0. The molecule has 5 heteroatoms. The van der Waals surface area contributed by atoms with Gasteiger partial charge in [-0.05, 0) is 58.6 Å². The van der Waals surface area contributed by atoms with Gasteiger partial charge in [-0.2, -0.15) is 9.97 Å². The van der Waals surface area contributed by atoms with E-state index in [1.165, 1.54) is 4.57 Å². The van der Waals surface area contributed by atoms with Crippen molar-refractivity contribution in [1.82, 2.24) is 24.1 Å². The molecule has 3 aromatic heterocycles. The maximum absolute atomic E-state index is 10.3. The van der Waals surface area contributed by atoms with Gasteiger partial charge in [0.25, 0.3) is 0 Å². The summed E-state index contributed by atoms with van der Waals surface area (Å²) in [5, 5.41) is -1.28. The predicted molar refractivity (Wildman–Crippen MR) is 230 cm³/mol. The van der Waals surface area contributed by atoms with Crippen LogP contribution in [-0.4, -0.2) is 24.1 Å². The van der Waals surface area contributed by atoms with Crippen LogP contribution in [0.5, 0.6) is 0 Å². The van der Waals surface area contributed by atoms with Crippen molar-refractivity contribution in [3.05, 3.63) is 200 Å². The first-order valence-electron chi connectivity index (χ1n) is 28.9. The highest BCUT2D eigenvalue weighted by Crippen LogP contribution is 2.40. The summed E-state index contributed by atoms with van der Waals surface area (Å²) in [5.74, 6) is -2.45. The molecule has 0 aliphatic heterocycles. The van der Waals surface area contributed by atoms with Gasteiger partial charge in [-0.15, -0.1) is 0 Å². The van der Waals surface area contributed by atoms with Gasteiger partial charge in [0.1, 0.15) is 0 Å². The minimum absolute atomic E-state index is 0.174. The monoisotopic (exact) mass is 739 g/mol. The fourth-order valence-corrected chi connectivity index (χ4v) is 6.58. The smallest absolute Gasteiger partial charge is 0.238 e. The molecule has 5 nitrogen and oxygen atoms in total. The highest BCUT2D eigenvalue weighted by Gasteiger charge is 2.21. The lowest BCUT2D eigenvalue weighted by Gasteiger charge is -2.12. The predicted octanol–water partition coefficient (Wildman–Crippen LogP) is 12.7. The number of hydrogen-bond donors (Lipinski definition) is 0. The maximum atomic E-state index is 10.3. The molecule has 0 saturated carbocycles. The number of aromatic nitrogens is 5. The van der Waals surface area contributed by atoms with E-state index in [1.807, 2.05) is 30.3 Å². The molecule has 0 atom stereocenters. The fourth-order valence-electron chi connectivity index (χ4n) is 6.58. The molecule has 0 radical (unpaired) electrons. The lowest BCUT2D eigenvalue weighted by atomic mass is 10.0. The Kier molecular flexibility index (Phi) is 3.73. The van der Waals surface area contributed by atoms with Gasteiger partial charge in [0.05, 0.1) is 55.0 Å². The van der Waals surface area contributed by atoms with Crippen LogP contribution < -0.4 is 0 Å². The highest BCUT2D eigenvalue weighted by atomic mass is 15.2. The standard InChI is InChI=1S/C51H33N5/c1-4-14-34(15-5-1)36-24-26-39(27-25-36)50-52-49(38-18-8-3-9-19-38)53-51(54-50)56-46-23-13-11-21-42(46)44-32-43-41-20-10-12-22-45(41)55(47(43)33-48(44)56)40-30-28-37(29-31-40)35-16-6-2-7-17-35/h1-33H/i1D,3D,4D,5D,8D,9D,10D,11D,12D,13D,14D,15D,18D,19D,20D,21D,22D,23D,24D,25D,26D,27D,32D,33D. The Balaban J connectivity index is 1.34. The van der Waals surface area contributed by atoms with Gasteiger partial charge in [-0.1, -0.05) is 163 Å². The molecular formula is C51H33N5. The van der Waals surface area contributed by atoms with E-state index >= 15 is 0 Å². The molecule has 0 bridgehead atoms. The summed E-state index contributed by atoms with van der Waals surface area (Å²) in [5.41, 5.74) is -2.52. The summed E-state index contributed by atoms with van der Waals surface area (Å²) < 4.78 is 217. The third kappa shape index (κ3) is 5.29. The van der Waals surface area contributed by atoms with Crippen molar-refractivity contribution in [3.8, 4) is 56.7 Å². The average molecular weight is 740 g/mol. The zero-order valence-electron chi connectivity index (χ0n) is 52.4. The summed E-state index contributed by atoms with van der Waals surface area (Å²) in [6.45, 7) is 0. The topological polar surface area (TPSA) is 48.5 Å². The van der Waals surface area contributed by atoms with E-state index in [9.17, 15) is 13.7 Å². The van der Waals surface area contributed by atoms with Gasteiger partial charge in [0.2, 0.25) is 5.95 Å². The number of para-hydroxylation sites is 2. The average Bonchev–Trinajstić information content (AvgIpc) is 4.25. The van der Waals surface area contributed by atoms with Crippen LogP contribution in [0, 0.1) is 0 Å². The second-order valence-electron chi connectivity index (χ2n) is 12.3. The Bertz CT molecular complexity index is 4550. The number of benzene rings is 8. The van der Waals surface area contributed by atoms with Crippen molar-refractivity contribution in [2.24, 2.45) is 0 Å². The molecule has 0 fully saturated rings. The van der Waals surface area contributed by atoms with Crippen LogP contribution in [0.2, 0.25) is 0 Å². The first kappa shape index (κ1) is 16.0. The molecule has 0 saturated heterocycles. The normalized spacial score (nSPS) is 17.6. The third-order valence-electron chi connectivity index (χ3n) is 9.07. The van der Waals surface area contributed by atoms with Crippen molar-refractivity contribution < 1.29 is 32.9 Å². The van der Waals surface area contributed by atoms with E-state index in [-0.39, 0.29) is 27.5 Å². The summed E-state index contributed by atoms with van der Waals surface area (Å²) in [4.78, 5) is 13.5. The van der Waals surface area contributed by atoms with Gasteiger partial charge in [0, 0.05) is 38.4 Å². The van der Waals surface area contributed by atoms with Gasteiger partial charge < -0.3 is 4.57 Å². The van der Waals surface area contributed by atoms with Crippen molar-refractivity contribution in [2.75, 3.05) is 0 Å². The minimum Gasteiger partial charge on any atom is -0.309 e.